The van der Waals surface area contributed by atoms with Crippen molar-refractivity contribution in [2.45, 2.75) is 37.6 Å². The molecule has 1 aromatic carbocycles. The smallest absolute Gasteiger partial charge is 0.326 e. The van der Waals surface area contributed by atoms with Crippen LogP contribution >= 0.6 is 11.6 Å². The van der Waals surface area contributed by atoms with Crippen molar-refractivity contribution in [2.75, 3.05) is 0 Å². The van der Waals surface area contributed by atoms with Gasteiger partial charge in [-0.3, -0.25) is 4.79 Å². The maximum absolute atomic E-state index is 11.9. The van der Waals surface area contributed by atoms with E-state index in [4.69, 9.17) is 11.6 Å². The lowest BCUT2D eigenvalue weighted by molar-refractivity contribution is -0.141. The quantitative estimate of drug-likeness (QED) is 0.685. The summed E-state index contributed by atoms with van der Waals surface area (Å²) in [7, 11) is 0. The summed E-state index contributed by atoms with van der Waals surface area (Å²) in [6.45, 7) is 1.92. The van der Waals surface area contributed by atoms with Crippen LogP contribution < -0.4 is 5.32 Å². The van der Waals surface area contributed by atoms with Gasteiger partial charge in [-0.05, 0) is 18.1 Å². The van der Waals surface area contributed by atoms with Crippen molar-refractivity contribution in [3.05, 3.63) is 36.0 Å². The average molecular weight is 323 g/mol. The van der Waals surface area contributed by atoms with E-state index in [1.165, 1.54) is 0 Å². The van der Waals surface area contributed by atoms with E-state index >= 15 is 0 Å². The monoisotopic (exact) mass is 322 g/mol. The second-order valence-corrected chi connectivity index (χ2v) is 5.75. The Morgan fingerprint density at radius 2 is 2.09 bits per heavy atom. The van der Waals surface area contributed by atoms with E-state index in [1.54, 1.807) is 6.20 Å². The van der Waals surface area contributed by atoms with Gasteiger partial charge in [0.25, 0.3) is 0 Å². The van der Waals surface area contributed by atoms with Crippen LogP contribution in [0.5, 0.6) is 0 Å². The Morgan fingerprint density at radius 1 is 1.36 bits per heavy atom. The molecule has 2 aromatic rings. The molecule has 5 nitrogen and oxygen atoms in total. The number of halogens is 1. The number of carboxylic acids is 1. The number of hydrogen-bond acceptors (Lipinski definition) is 2. The summed E-state index contributed by atoms with van der Waals surface area (Å²) in [6, 6.07) is 6.64. The summed E-state index contributed by atoms with van der Waals surface area (Å²) in [6.07, 6.45) is 3.27. The number of carboxylic acid groups (broad SMARTS) is 1. The lowest BCUT2D eigenvalue weighted by Gasteiger charge is -2.16. The molecule has 118 valence electrons. The summed E-state index contributed by atoms with van der Waals surface area (Å²) in [4.78, 5) is 26.4. The van der Waals surface area contributed by atoms with Crippen LogP contribution in [0.15, 0.2) is 30.5 Å². The molecule has 2 atom stereocenters. The number of carbonyl (C=O) groups excluding carboxylic acids is 1. The topological polar surface area (TPSA) is 82.2 Å². The number of hydrogen-bond donors (Lipinski definition) is 3. The van der Waals surface area contributed by atoms with Crippen LogP contribution in [0.1, 0.15) is 25.3 Å². The fraction of sp³-hybridized carbons (Fsp3) is 0.375. The highest BCUT2D eigenvalue weighted by atomic mass is 35.5. The Hall–Kier alpha value is -2.01. The number of fused-ring (bicyclic) bond motifs is 1. The minimum atomic E-state index is -1.07. The van der Waals surface area contributed by atoms with Gasteiger partial charge in [0.1, 0.15) is 11.4 Å². The third kappa shape index (κ3) is 3.80. The van der Waals surface area contributed by atoms with Gasteiger partial charge in [0.2, 0.25) is 5.91 Å². The number of alkyl halides is 1. The molecule has 1 heterocycles. The zero-order valence-electron chi connectivity index (χ0n) is 12.3. The SMILES string of the molecule is CCCC(Cl)C(=O)NC(Cc1c[nH]c2ccccc12)C(=O)O. The van der Waals surface area contributed by atoms with Crippen LogP contribution in [-0.2, 0) is 16.0 Å². The average Bonchev–Trinajstić information content (AvgIpc) is 2.90. The predicted octanol–water partition coefficient (Wildman–Crippen LogP) is 2.69. The van der Waals surface area contributed by atoms with Crippen molar-refractivity contribution in [1.29, 1.82) is 0 Å². The first-order valence-corrected chi connectivity index (χ1v) is 7.68. The number of rotatable bonds is 7. The van der Waals surface area contributed by atoms with E-state index in [9.17, 15) is 14.7 Å². The molecule has 0 fully saturated rings. The Bertz CT molecular complexity index is 668. The summed E-state index contributed by atoms with van der Waals surface area (Å²) >= 11 is 5.95. The maximum atomic E-state index is 11.9. The normalized spacial score (nSPS) is 13.7. The molecule has 0 spiro atoms. The molecule has 0 aliphatic heterocycles. The Labute approximate surface area is 133 Å². The molecule has 2 unspecified atom stereocenters. The molecule has 0 aliphatic carbocycles. The molecule has 6 heteroatoms. The standard InChI is InChI=1S/C16H19ClN2O3/c1-2-5-12(17)15(20)19-14(16(21)22)8-10-9-18-13-7-4-3-6-11(10)13/h3-4,6-7,9,12,14,18H,2,5,8H2,1H3,(H,19,20)(H,21,22). The molecular formula is C16H19ClN2O3. The van der Waals surface area contributed by atoms with E-state index in [0.717, 1.165) is 22.9 Å². The molecule has 0 bridgehead atoms. The van der Waals surface area contributed by atoms with Gasteiger partial charge in [-0.2, -0.15) is 0 Å². The van der Waals surface area contributed by atoms with E-state index in [-0.39, 0.29) is 6.42 Å². The highest BCUT2D eigenvalue weighted by molar-refractivity contribution is 6.30. The minimum absolute atomic E-state index is 0.209. The molecule has 0 saturated carbocycles. The molecular weight excluding hydrogens is 304 g/mol. The Balaban J connectivity index is 2.12. The van der Waals surface area contributed by atoms with Gasteiger partial charge in [-0.25, -0.2) is 4.79 Å². The minimum Gasteiger partial charge on any atom is -0.480 e. The van der Waals surface area contributed by atoms with Crippen molar-refractivity contribution in [2.24, 2.45) is 0 Å². The third-order valence-corrected chi connectivity index (χ3v) is 3.96. The molecule has 2 rings (SSSR count). The van der Waals surface area contributed by atoms with Gasteiger partial charge in [-0.1, -0.05) is 31.5 Å². The zero-order valence-corrected chi connectivity index (χ0v) is 13.1. The van der Waals surface area contributed by atoms with Crippen LogP contribution in [0.2, 0.25) is 0 Å². The number of aromatic nitrogens is 1. The molecule has 3 N–H and O–H groups in total. The fourth-order valence-electron chi connectivity index (χ4n) is 2.37. The van der Waals surface area contributed by atoms with E-state index in [1.807, 2.05) is 31.2 Å². The number of aromatic amines is 1. The van der Waals surface area contributed by atoms with Gasteiger partial charge < -0.3 is 15.4 Å². The maximum Gasteiger partial charge on any atom is 0.326 e. The van der Waals surface area contributed by atoms with Crippen molar-refractivity contribution in [1.82, 2.24) is 10.3 Å². The largest absolute Gasteiger partial charge is 0.480 e. The number of carbonyl (C=O) groups is 2. The van der Waals surface area contributed by atoms with Gasteiger partial charge in [0.05, 0.1) is 0 Å². The summed E-state index contributed by atoms with van der Waals surface area (Å²) in [5.41, 5.74) is 1.79. The predicted molar refractivity (Wildman–Crippen MR) is 86.1 cm³/mol. The second kappa shape index (κ2) is 7.31. The summed E-state index contributed by atoms with van der Waals surface area (Å²) in [5, 5.41) is 12.1. The zero-order chi connectivity index (χ0) is 16.1. The number of aliphatic carboxylic acids is 1. The molecule has 22 heavy (non-hydrogen) atoms. The molecule has 0 saturated heterocycles. The van der Waals surface area contributed by atoms with Gasteiger partial charge >= 0.3 is 5.97 Å². The van der Waals surface area contributed by atoms with Crippen molar-refractivity contribution in [3.8, 4) is 0 Å². The van der Waals surface area contributed by atoms with Crippen molar-refractivity contribution >= 4 is 34.4 Å². The first kappa shape index (κ1) is 16.4. The highest BCUT2D eigenvalue weighted by Crippen LogP contribution is 2.19. The second-order valence-electron chi connectivity index (χ2n) is 5.22. The number of amides is 1. The molecule has 1 aromatic heterocycles. The number of benzene rings is 1. The van der Waals surface area contributed by atoms with Crippen LogP contribution in [0, 0.1) is 0 Å². The summed E-state index contributed by atoms with van der Waals surface area (Å²) < 4.78 is 0. The van der Waals surface area contributed by atoms with E-state index < -0.39 is 23.3 Å². The summed E-state index contributed by atoms with van der Waals surface area (Å²) in [5.74, 6) is -1.50. The van der Waals surface area contributed by atoms with E-state index in [0.29, 0.717) is 6.42 Å². The molecule has 0 radical (unpaired) electrons. The number of para-hydroxylation sites is 1. The Kier molecular flexibility index (Phi) is 5.44. The number of nitrogens with one attached hydrogen (secondary N) is 2. The van der Waals surface area contributed by atoms with Gasteiger partial charge in [0.15, 0.2) is 0 Å². The highest BCUT2D eigenvalue weighted by Gasteiger charge is 2.24. The lowest BCUT2D eigenvalue weighted by Crippen LogP contribution is -2.45. The first-order valence-electron chi connectivity index (χ1n) is 7.25. The number of H-pyrrole nitrogens is 1. The third-order valence-electron chi connectivity index (χ3n) is 3.54. The lowest BCUT2D eigenvalue weighted by atomic mass is 10.0. The Morgan fingerprint density at radius 3 is 2.77 bits per heavy atom. The van der Waals surface area contributed by atoms with Crippen LogP contribution in [-0.4, -0.2) is 33.4 Å². The molecule has 1 amide bonds. The van der Waals surface area contributed by atoms with Crippen LogP contribution in [0.3, 0.4) is 0 Å². The van der Waals surface area contributed by atoms with Gasteiger partial charge in [0, 0.05) is 23.5 Å². The van der Waals surface area contributed by atoms with Gasteiger partial charge in [-0.15, -0.1) is 11.6 Å². The van der Waals surface area contributed by atoms with E-state index in [2.05, 4.69) is 10.3 Å². The first-order chi connectivity index (χ1) is 10.5. The van der Waals surface area contributed by atoms with Crippen molar-refractivity contribution < 1.29 is 14.7 Å². The van der Waals surface area contributed by atoms with Crippen LogP contribution in [0.4, 0.5) is 0 Å². The fourth-order valence-corrected chi connectivity index (χ4v) is 2.65. The van der Waals surface area contributed by atoms with Crippen LogP contribution in [0.25, 0.3) is 10.9 Å². The molecule has 0 aliphatic rings. The van der Waals surface area contributed by atoms with Crippen molar-refractivity contribution in [3.63, 3.8) is 0 Å².